The Kier molecular flexibility index (Phi) is 27.0. The molecule has 0 spiro atoms. The normalized spacial score (nSPS) is 10.6. The van der Waals surface area contributed by atoms with E-state index >= 15 is 0 Å². The average molecular weight is 1270 g/mol. The molecule has 0 atom stereocenters. The number of hydrogen-bond donors (Lipinski definition) is 6. The summed E-state index contributed by atoms with van der Waals surface area (Å²) in [7, 11) is 1.00. The lowest BCUT2D eigenvalue weighted by Gasteiger charge is -2.11. The van der Waals surface area contributed by atoms with Gasteiger partial charge in [0.05, 0.1) is 56.4 Å². The summed E-state index contributed by atoms with van der Waals surface area (Å²) in [6.45, 7) is 1.43. The first-order valence-corrected chi connectivity index (χ1v) is 23.8. The Labute approximate surface area is 491 Å². The van der Waals surface area contributed by atoms with E-state index in [1.54, 1.807) is 24.4 Å². The van der Waals surface area contributed by atoms with Crippen LogP contribution in [0.25, 0.3) is 16.7 Å². The minimum Gasteiger partial charge on any atom is -0.406 e. The van der Waals surface area contributed by atoms with Gasteiger partial charge in [0, 0.05) is 55.9 Å². The van der Waals surface area contributed by atoms with Crippen LogP contribution in [0.5, 0.6) is 23.0 Å². The van der Waals surface area contributed by atoms with Gasteiger partial charge in [-0.25, -0.2) is 4.79 Å². The number of alkyl halides is 12. The molecule has 466 valence electrons. The van der Waals surface area contributed by atoms with Crippen molar-refractivity contribution in [3.63, 3.8) is 0 Å². The topological polar surface area (TPSA) is 333 Å². The van der Waals surface area contributed by atoms with E-state index in [9.17, 15) is 77.7 Å². The number of anilines is 6. The Morgan fingerprint density at radius 2 is 0.909 bits per heavy atom. The van der Waals surface area contributed by atoms with Crippen LogP contribution in [0.3, 0.4) is 0 Å². The SMILES string of the molecule is CC#N.CO.Nc1ccc(OC(F)(F)F)cc1.Nc1cnccc1Nc1ccc(OC(F)(F)F)cc1.O=[N+]([O-])c1cnccc1Cl.O=[N+]([O-])c1cnccc1Nc1ccc(OC(F)(F)F)cc1.O=c1[nH]c2cnccc2n1-c1ccc(OC(F)(F)F)cc1. The van der Waals surface area contributed by atoms with Gasteiger partial charge >= 0.3 is 42.5 Å². The highest BCUT2D eigenvalue weighted by Crippen LogP contribution is 2.31. The third-order valence-corrected chi connectivity index (χ3v) is 9.77. The van der Waals surface area contributed by atoms with E-state index in [0.717, 1.165) is 55.9 Å². The quantitative estimate of drug-likeness (QED) is 0.0303. The van der Waals surface area contributed by atoms with E-state index in [0.29, 0.717) is 45.2 Å². The lowest BCUT2D eigenvalue weighted by molar-refractivity contribution is -0.385. The number of aromatic amines is 1. The number of aromatic nitrogens is 6. The molecule has 8 N–H and O–H groups in total. The summed E-state index contributed by atoms with van der Waals surface area (Å²) >= 11 is 5.44. The molecule has 5 heterocycles. The number of nitrogens with two attached hydrogens (primary N) is 2. The molecule has 36 heteroatoms. The van der Waals surface area contributed by atoms with Crippen LogP contribution in [0.15, 0.2) is 176 Å². The van der Waals surface area contributed by atoms with E-state index in [1.807, 2.05) is 0 Å². The number of halogens is 13. The Bertz CT molecular complexity index is 3730. The smallest absolute Gasteiger partial charge is 0.406 e. The molecule has 5 aromatic heterocycles. The maximum atomic E-state index is 12.1. The summed E-state index contributed by atoms with van der Waals surface area (Å²) in [5, 5.41) is 41.0. The molecule has 0 aliphatic carbocycles. The first-order chi connectivity index (χ1) is 41.3. The fourth-order valence-electron chi connectivity index (χ4n) is 6.13. The molecule has 88 heavy (non-hydrogen) atoms. The van der Waals surface area contributed by atoms with Gasteiger partial charge in [0.25, 0.3) is 0 Å². The van der Waals surface area contributed by atoms with Crippen LogP contribution in [0.2, 0.25) is 5.02 Å². The van der Waals surface area contributed by atoms with Gasteiger partial charge in [0.15, 0.2) is 0 Å². The van der Waals surface area contributed by atoms with Crippen LogP contribution in [0, 0.1) is 31.6 Å². The average Bonchev–Trinajstić information content (AvgIpc) is 1.88. The maximum Gasteiger partial charge on any atom is 0.573 e. The standard InChI is InChI=1S/C13H8F3N3O2.C12H8F3N3O3.C12H10F3N3O.C7H6F3NO.C5H3ClN2O2.C2H3N.CH4O/c14-13(15,16)21-9-3-1-8(2-4-9)19-11-5-6-17-7-10(11)18-12(19)20;13-12(14,15)21-9-3-1-8(2-4-9)17-10-5-6-16-7-11(10)18(19)20;13-12(14,15)19-9-3-1-8(2-4-9)18-11-5-6-17-7-10(11)16;8-7(9,10)12-6-3-1-5(11)2-4-6;6-4-1-2-7-3-5(4)8(9)10;1-2-3;1-2/h1-7H,(H,18,20);1-7H,(H,16,17);1-7H,16H2,(H,17,18);1-4H,11H2;1-3H;1H3;2H,1H3. The van der Waals surface area contributed by atoms with Gasteiger partial charge in [-0.2, -0.15) is 5.26 Å². The highest BCUT2D eigenvalue weighted by atomic mass is 35.5. The third-order valence-electron chi connectivity index (χ3n) is 9.45. The van der Waals surface area contributed by atoms with Gasteiger partial charge in [0.2, 0.25) is 0 Å². The zero-order chi connectivity index (χ0) is 65.8. The number of H-pyrrole nitrogens is 1. The minimum absolute atomic E-state index is 0.111. The fourth-order valence-corrected chi connectivity index (χ4v) is 6.31. The van der Waals surface area contributed by atoms with Gasteiger partial charge in [-0.1, -0.05) is 11.6 Å². The summed E-state index contributed by atoms with van der Waals surface area (Å²) in [6.07, 6.45) is -7.85. The number of aliphatic hydroxyl groups excluding tert-OH is 1. The van der Waals surface area contributed by atoms with Crippen molar-refractivity contribution in [1.29, 1.82) is 5.26 Å². The maximum absolute atomic E-state index is 12.1. The van der Waals surface area contributed by atoms with E-state index in [2.05, 4.69) is 54.5 Å². The van der Waals surface area contributed by atoms with Crippen LogP contribution < -0.4 is 46.7 Å². The summed E-state index contributed by atoms with van der Waals surface area (Å²) in [5.41, 5.74) is 14.3. The number of rotatable bonds is 11. The lowest BCUT2D eigenvalue weighted by atomic mass is 10.2. The Morgan fingerprint density at radius 3 is 1.31 bits per heavy atom. The molecule has 9 rings (SSSR count). The number of fused-ring (bicyclic) bond motifs is 1. The number of nitriles is 1. The molecule has 9 aromatic rings. The highest BCUT2D eigenvalue weighted by Gasteiger charge is 2.33. The number of benzene rings is 4. The van der Waals surface area contributed by atoms with Crippen molar-refractivity contribution in [2.75, 3.05) is 29.2 Å². The van der Waals surface area contributed by atoms with Crippen LogP contribution in [0.1, 0.15) is 6.92 Å². The van der Waals surface area contributed by atoms with Crippen LogP contribution in [-0.4, -0.2) is 77.0 Å². The zero-order valence-corrected chi connectivity index (χ0v) is 45.2. The number of ether oxygens (including phenoxy) is 4. The highest BCUT2D eigenvalue weighted by molar-refractivity contribution is 6.32. The molecule has 23 nitrogen and oxygen atoms in total. The number of nitrogen functional groups attached to an aromatic ring is 2. The molecule has 0 amide bonds. The number of nitro groups is 2. The molecule has 0 aliphatic heterocycles. The Balaban J connectivity index is 0.000000289. The van der Waals surface area contributed by atoms with Crippen LogP contribution in [0.4, 0.5) is 98.2 Å². The first-order valence-electron chi connectivity index (χ1n) is 23.4. The fraction of sp³-hybridized carbons (Fsp3) is 0.115. The van der Waals surface area contributed by atoms with E-state index in [4.69, 9.17) is 33.4 Å². The molecule has 0 radical (unpaired) electrons. The van der Waals surface area contributed by atoms with Gasteiger partial charge in [-0.3, -0.25) is 44.7 Å². The number of imidazole rings is 1. The van der Waals surface area contributed by atoms with E-state index < -0.39 is 41.0 Å². The van der Waals surface area contributed by atoms with Gasteiger partial charge in [-0.05, 0) is 121 Å². The second kappa shape index (κ2) is 33.4. The van der Waals surface area contributed by atoms with Crippen molar-refractivity contribution in [2.45, 2.75) is 32.4 Å². The molecule has 0 fully saturated rings. The first kappa shape index (κ1) is 71.1. The predicted octanol–water partition coefficient (Wildman–Crippen LogP) is 13.5. The van der Waals surface area contributed by atoms with Crippen LogP contribution >= 0.6 is 11.6 Å². The van der Waals surface area contributed by atoms with Crippen molar-refractivity contribution < 1.29 is 86.6 Å². The van der Waals surface area contributed by atoms with Crippen molar-refractivity contribution in [3.8, 4) is 34.8 Å². The van der Waals surface area contributed by atoms with Crippen molar-refractivity contribution in [2.24, 2.45) is 0 Å². The number of nitrogens with zero attached hydrogens (tertiary/aromatic N) is 8. The van der Waals surface area contributed by atoms with Crippen molar-refractivity contribution in [3.05, 3.63) is 207 Å². The van der Waals surface area contributed by atoms with Crippen molar-refractivity contribution in [1.82, 2.24) is 29.5 Å². The second-order valence-corrected chi connectivity index (χ2v) is 16.0. The Morgan fingerprint density at radius 1 is 0.557 bits per heavy atom. The Hall–Kier alpha value is -11.2. The number of nitrogens with one attached hydrogen (secondary N) is 3. The molecular weight excluding hydrogens is 1230 g/mol. The summed E-state index contributed by atoms with van der Waals surface area (Å²) < 4.78 is 159. The van der Waals surface area contributed by atoms with E-state index in [-0.39, 0.29) is 45.1 Å². The predicted molar refractivity (Wildman–Crippen MR) is 294 cm³/mol. The molecule has 0 bridgehead atoms. The third kappa shape index (κ3) is 26.2. The lowest BCUT2D eigenvalue weighted by Crippen LogP contribution is -2.17. The van der Waals surface area contributed by atoms with E-state index in [1.165, 1.54) is 115 Å². The molecular formula is C52H42ClF12N13O10. The summed E-state index contributed by atoms with van der Waals surface area (Å²) in [4.78, 5) is 49.1. The molecule has 0 aliphatic rings. The zero-order valence-electron chi connectivity index (χ0n) is 44.4. The van der Waals surface area contributed by atoms with Gasteiger partial charge in [-0.15, -0.1) is 52.7 Å². The minimum atomic E-state index is -4.77. The number of hydrogen-bond acceptors (Lipinski definition) is 19. The summed E-state index contributed by atoms with van der Waals surface area (Å²) in [6, 6.07) is 28.0. The molecule has 4 aromatic carbocycles. The number of aliphatic hydroxyl groups is 1. The second-order valence-electron chi connectivity index (χ2n) is 15.6. The molecule has 0 unspecified atom stereocenters. The number of pyridine rings is 4. The summed E-state index contributed by atoms with van der Waals surface area (Å²) in [5.74, 6) is -1.27. The van der Waals surface area contributed by atoms with Crippen molar-refractivity contribution >= 4 is 68.1 Å². The van der Waals surface area contributed by atoms with Crippen LogP contribution in [-0.2, 0) is 0 Å². The van der Waals surface area contributed by atoms with Gasteiger partial charge in [0.1, 0.15) is 46.1 Å². The molecule has 0 saturated heterocycles. The monoisotopic (exact) mass is 1270 g/mol. The largest absolute Gasteiger partial charge is 0.573 e. The van der Waals surface area contributed by atoms with Gasteiger partial charge < -0.3 is 51.1 Å². The molecule has 0 saturated carbocycles.